The molecule has 0 aliphatic carbocycles. The fourth-order valence-electron chi connectivity index (χ4n) is 13.2. The van der Waals surface area contributed by atoms with Crippen LogP contribution in [0.4, 0.5) is 27.6 Å². The normalized spacial score (nSPS) is 14.8. The average Bonchev–Trinajstić information content (AvgIpc) is 1.72. The molecule has 10 aromatic heterocycles. The number of halogens is 4. The van der Waals surface area contributed by atoms with Gasteiger partial charge in [0.15, 0.2) is 0 Å². The largest absolute Gasteiger partial charge is 0.534 e. The fourth-order valence-corrected chi connectivity index (χ4v) is 13.8. The number of nitrogens with one attached hydrogen (secondary N) is 3. The first-order chi connectivity index (χ1) is 56.0. The molecule has 0 aromatic carbocycles. The van der Waals surface area contributed by atoms with Gasteiger partial charge in [-0.05, 0) is 197 Å². The number of carbonyl (C=O) groups excluding carboxylic acids is 3. The summed E-state index contributed by atoms with van der Waals surface area (Å²) in [5.74, 6) is 2.17. The summed E-state index contributed by atoms with van der Waals surface area (Å²) in [6.45, 7) is 20.8. The lowest BCUT2D eigenvalue weighted by atomic mass is 9.81. The van der Waals surface area contributed by atoms with Crippen molar-refractivity contribution in [2.24, 2.45) is 28.2 Å². The van der Waals surface area contributed by atoms with Crippen LogP contribution in [-0.4, -0.2) is 232 Å². The predicted octanol–water partition coefficient (Wildman–Crippen LogP) is 10.6. The van der Waals surface area contributed by atoms with E-state index in [1.165, 1.54) is 19.1 Å². The van der Waals surface area contributed by atoms with Gasteiger partial charge in [0.05, 0.1) is 83.6 Å². The van der Waals surface area contributed by atoms with Gasteiger partial charge in [0.25, 0.3) is 5.56 Å². The number of carbonyl (C=O) groups is 3. The van der Waals surface area contributed by atoms with E-state index in [4.69, 9.17) is 53.3 Å². The van der Waals surface area contributed by atoms with Crippen LogP contribution < -0.4 is 40.7 Å². The molecule has 32 nitrogen and oxygen atoms in total. The topological polar surface area (TPSA) is 382 Å². The second-order valence-corrected chi connectivity index (χ2v) is 32.8. The number of amides is 3. The van der Waals surface area contributed by atoms with Crippen molar-refractivity contribution in [3.05, 3.63) is 137 Å². The maximum atomic E-state index is 12.2. The molecule has 4 aliphatic heterocycles. The van der Waals surface area contributed by atoms with Gasteiger partial charge in [-0.15, -0.1) is 0 Å². The highest BCUT2D eigenvalue weighted by atomic mass is 127. The van der Waals surface area contributed by atoms with Crippen LogP contribution in [0.3, 0.4) is 0 Å². The number of H-pyrrole nitrogens is 2. The van der Waals surface area contributed by atoms with Crippen LogP contribution >= 0.6 is 22.6 Å². The zero-order valence-electron chi connectivity index (χ0n) is 70.4. The summed E-state index contributed by atoms with van der Waals surface area (Å²) >= 11 is 2.15. The van der Waals surface area contributed by atoms with E-state index < -0.39 is 52.8 Å². The van der Waals surface area contributed by atoms with Crippen molar-refractivity contribution < 1.29 is 93.4 Å². The van der Waals surface area contributed by atoms with Crippen molar-refractivity contribution in [2.75, 3.05) is 85.7 Å². The van der Waals surface area contributed by atoms with Crippen molar-refractivity contribution in [2.45, 2.75) is 135 Å². The Kier molecular flexibility index (Phi) is 32.4. The quantitative estimate of drug-likeness (QED) is 0.0158. The number of fused-ring (bicyclic) bond motifs is 5. The number of hydrogen-bond donors (Lipinski definition) is 7. The number of alkyl halides is 4. The number of likely N-dealkylation sites (tertiary alicyclic amines) is 1. The molecule has 0 radical (unpaired) electrons. The lowest BCUT2D eigenvalue weighted by molar-refractivity contribution is -0.0526. The van der Waals surface area contributed by atoms with Crippen LogP contribution in [0, 0.1) is 0 Å². The Hall–Kier alpha value is -10.1. The lowest BCUT2D eigenvalue weighted by Crippen LogP contribution is -2.41. The number of pyridine rings is 5. The molecule has 3 amide bonds. The van der Waals surface area contributed by atoms with Crippen molar-refractivity contribution in [1.29, 1.82) is 0 Å². The zero-order valence-corrected chi connectivity index (χ0v) is 73.3. The molecule has 7 N–H and O–H groups in total. The van der Waals surface area contributed by atoms with Crippen LogP contribution in [0.5, 0.6) is 23.5 Å². The number of ether oxygens (including phenoxy) is 7. The van der Waals surface area contributed by atoms with Crippen LogP contribution in [0.25, 0.3) is 60.7 Å². The fraction of sp³-hybridized carbons (Fsp3) is 0.475. The Morgan fingerprint density at radius 3 is 1.41 bits per heavy atom. The predicted molar refractivity (Wildman–Crippen MR) is 459 cm³/mol. The molecule has 2 saturated heterocycles. The van der Waals surface area contributed by atoms with Crippen LogP contribution in [0.15, 0.2) is 114 Å². The summed E-state index contributed by atoms with van der Waals surface area (Å²) < 4.78 is 107. The molecule has 14 heterocycles. The highest BCUT2D eigenvalue weighted by Gasteiger charge is 2.49. The van der Waals surface area contributed by atoms with Gasteiger partial charge in [0.1, 0.15) is 22.6 Å². The molecule has 4 aliphatic rings. The van der Waals surface area contributed by atoms with E-state index in [-0.39, 0.29) is 65.7 Å². The Bertz CT molecular complexity index is 5380. The van der Waals surface area contributed by atoms with E-state index >= 15 is 0 Å². The second-order valence-electron chi connectivity index (χ2n) is 31.2. The number of methoxy groups -OCH3 is 4. The minimum Gasteiger partial charge on any atom is -0.481 e. The summed E-state index contributed by atoms with van der Waals surface area (Å²) in [4.78, 5) is 78.3. The molecule has 14 rings (SSSR count). The summed E-state index contributed by atoms with van der Waals surface area (Å²) in [6.07, 6.45) is 16.1. The first-order valence-electron chi connectivity index (χ1n) is 38.3. The maximum Gasteiger partial charge on any atom is 0.534 e. The first kappa shape index (κ1) is 94.4. The van der Waals surface area contributed by atoms with Gasteiger partial charge >= 0.3 is 48.1 Å². The highest BCUT2D eigenvalue weighted by molar-refractivity contribution is 14.1. The van der Waals surface area contributed by atoms with Gasteiger partial charge in [0.2, 0.25) is 23.5 Å². The average molecular weight is 1790 g/mol. The molecule has 0 spiro atoms. The van der Waals surface area contributed by atoms with Gasteiger partial charge < -0.3 is 106 Å². The summed E-state index contributed by atoms with van der Waals surface area (Å²) in [7, 11) is 5.25. The number of piperidine rings is 2. The van der Waals surface area contributed by atoms with E-state index in [2.05, 4.69) is 95.4 Å². The number of aromatic nitrogens is 10. The van der Waals surface area contributed by atoms with E-state index in [1.807, 2.05) is 133 Å². The number of aryl methyl sites for hydroxylation is 4. The molecule has 2 fully saturated rings. The third-order valence-electron chi connectivity index (χ3n) is 19.2. The van der Waals surface area contributed by atoms with Gasteiger partial charge in [-0.1, -0.05) is 28.7 Å². The number of hydrogen-bond acceptors (Lipinski definition) is 23. The third kappa shape index (κ3) is 25.3. The number of aromatic amines is 2. The van der Waals surface area contributed by atoms with E-state index in [9.17, 15) is 40.8 Å². The summed E-state index contributed by atoms with van der Waals surface area (Å²) in [5.41, 5.74) is 6.81. The number of rotatable bonds is 11. The zero-order chi connectivity index (χ0) is 87.8. The van der Waals surface area contributed by atoms with Crippen LogP contribution in [0.1, 0.15) is 129 Å². The van der Waals surface area contributed by atoms with Crippen molar-refractivity contribution >= 4 is 137 Å². The molecule has 39 heteroatoms. The van der Waals surface area contributed by atoms with Gasteiger partial charge in [-0.2, -0.15) is 21.6 Å². The molecular weight excluding hydrogens is 1680 g/mol. The highest BCUT2D eigenvalue weighted by Crippen LogP contribution is 2.37. The standard InChI is InChI=1S/C19H27N3O3.C19H25N3O3.C13H17N3O.C11H16F3NO5S.C9H11BN2O3.C8H9BN2O3.CH3I/c2*1-19(2,3)25-18(23)22-10-6-13(7-11-22)14-12-16-15(8-9-21(16)4)20-17(14)24-5;1-16-7-4-11-12(16)8-10(13(17)15-11)9-2-5-14-6-3-9;1-10(2,3)19-9(16)15-6-4-8(5-7-15)20-21(17,18)11(12,13)14;1-12-4-3-7-8(12)5-6(10(13)14)9(11-7)15-2;1-14-8-5(9(12)13)4-7-6(11-8)2-3-10-7;1-2/h8-9,12-13H,6-7,10-11H2,1-5H3;6,8-9,12H,7,10-11H2,1-5H3;4,7-9,14H,2-3,5-6H2,1H3,(H,15,17);4H,5-7H2,1-3H3;3-5,13-14H,1-2H3;2-4,10,12-13H,1H3;1H3. The van der Waals surface area contributed by atoms with Crippen LogP contribution in [0.2, 0.25) is 0 Å². The van der Waals surface area contributed by atoms with Gasteiger partial charge in [-0.3, -0.25) is 4.79 Å². The number of nitrogens with zero attached hydrogens (tertiary/aromatic N) is 11. The SMILES string of the molecule is CC(C)(C)OC(=O)N1CC=C(OS(=O)(=O)C(F)(F)F)CC1.CI.COc1nc2cc[nH]c2cc1B(O)O.COc1nc2ccn(C)c2cc1B(O)O.COc1nc2ccn(C)c2cc1C1=CCN(C(=O)OC(C)(C)C)CC1.COc1nc2ccn(C)c2cc1C1CCN(C(=O)OC(C)(C)C)CC1.Cn1ccc2[nH]c(=O)c(C3CCNCC3)cc21. The van der Waals surface area contributed by atoms with E-state index in [0.29, 0.717) is 49.8 Å². The smallest absolute Gasteiger partial charge is 0.481 e. The van der Waals surface area contributed by atoms with Crippen molar-refractivity contribution in [3.63, 3.8) is 0 Å². The Labute approximate surface area is 703 Å². The minimum absolute atomic E-state index is 0.00806. The monoisotopic (exact) mass is 1790 g/mol. The molecule has 646 valence electrons. The Balaban J connectivity index is 0.000000179. The summed E-state index contributed by atoms with van der Waals surface area (Å²) in [5, 5.41) is 39.7. The molecule has 0 bridgehead atoms. The van der Waals surface area contributed by atoms with E-state index in [1.54, 1.807) is 69.2 Å². The van der Waals surface area contributed by atoms with E-state index in [0.717, 1.165) is 129 Å². The molecule has 0 atom stereocenters. The molecule has 0 unspecified atom stereocenters. The molecule has 0 saturated carbocycles. The first-order valence-corrected chi connectivity index (χ1v) is 41.9. The van der Waals surface area contributed by atoms with Crippen LogP contribution in [-0.2, 0) is 56.7 Å². The lowest BCUT2D eigenvalue weighted by Gasteiger charge is -2.33. The Morgan fingerprint density at radius 2 is 0.941 bits per heavy atom. The summed E-state index contributed by atoms with van der Waals surface area (Å²) in [6, 6.07) is 19.1. The Morgan fingerprint density at radius 1 is 0.513 bits per heavy atom. The molecule has 119 heavy (non-hydrogen) atoms. The maximum absolute atomic E-state index is 12.2. The molecular formula is C80H108B2F3IN14O18S. The molecule has 10 aromatic rings. The van der Waals surface area contributed by atoms with Gasteiger partial charge in [0, 0.05) is 132 Å². The van der Waals surface area contributed by atoms with Gasteiger partial charge in [-0.25, -0.2) is 34.3 Å². The van der Waals surface area contributed by atoms with Crippen molar-refractivity contribution in [3.8, 4) is 23.5 Å². The third-order valence-corrected chi connectivity index (χ3v) is 20.2. The minimum atomic E-state index is -5.67. The van der Waals surface area contributed by atoms with Crippen molar-refractivity contribution in [1.82, 2.24) is 68.2 Å². The second kappa shape index (κ2) is 40.8.